The van der Waals surface area contributed by atoms with Crippen molar-refractivity contribution in [3.63, 3.8) is 0 Å². The van der Waals surface area contributed by atoms with E-state index in [0.29, 0.717) is 6.54 Å². The van der Waals surface area contributed by atoms with Gasteiger partial charge in [-0.2, -0.15) is 13.2 Å². The number of rotatable bonds is 5. The summed E-state index contributed by atoms with van der Waals surface area (Å²) >= 11 is 0. The first-order valence-corrected chi connectivity index (χ1v) is 6.88. The summed E-state index contributed by atoms with van der Waals surface area (Å²) in [5.41, 5.74) is 0.516. The van der Waals surface area contributed by atoms with Crippen molar-refractivity contribution in [2.24, 2.45) is 0 Å². The van der Waals surface area contributed by atoms with Crippen molar-refractivity contribution in [1.82, 2.24) is 10.2 Å². The molecule has 1 saturated carbocycles. The number of hydrogen-bond donors (Lipinski definition) is 1. The van der Waals surface area contributed by atoms with Crippen molar-refractivity contribution >= 4 is 0 Å². The average molecular weight is 286 g/mol. The molecule has 0 aromatic heterocycles. The van der Waals surface area contributed by atoms with E-state index >= 15 is 0 Å². The minimum absolute atomic E-state index is 0.228. The van der Waals surface area contributed by atoms with E-state index in [1.54, 1.807) is 12.1 Å². The van der Waals surface area contributed by atoms with E-state index in [-0.39, 0.29) is 5.54 Å². The SMILES string of the molecule is CN(C)C1(CNCc2ccc(C(F)(F)F)cc2)CCC1. The highest BCUT2D eigenvalue weighted by Gasteiger charge is 2.38. The third kappa shape index (κ3) is 3.33. The molecule has 2 nitrogen and oxygen atoms in total. The van der Waals surface area contributed by atoms with Gasteiger partial charge in [0.25, 0.3) is 0 Å². The predicted molar refractivity (Wildman–Crippen MR) is 73.4 cm³/mol. The largest absolute Gasteiger partial charge is 0.416 e. The maximum absolute atomic E-state index is 12.4. The maximum Gasteiger partial charge on any atom is 0.416 e. The molecule has 0 atom stereocenters. The molecule has 0 aliphatic heterocycles. The molecule has 0 saturated heterocycles. The zero-order valence-electron chi connectivity index (χ0n) is 11.9. The molecule has 0 heterocycles. The first-order valence-electron chi connectivity index (χ1n) is 6.88. The van der Waals surface area contributed by atoms with Gasteiger partial charge in [-0.1, -0.05) is 12.1 Å². The van der Waals surface area contributed by atoms with Crippen LogP contribution in [0.2, 0.25) is 0 Å². The van der Waals surface area contributed by atoms with Crippen LogP contribution in [-0.4, -0.2) is 31.1 Å². The molecular formula is C15H21F3N2. The third-order valence-corrected chi connectivity index (χ3v) is 4.30. The van der Waals surface area contributed by atoms with Crippen LogP contribution in [0.1, 0.15) is 30.4 Å². The first kappa shape index (κ1) is 15.3. The minimum Gasteiger partial charge on any atom is -0.311 e. The van der Waals surface area contributed by atoms with Gasteiger partial charge in [0.15, 0.2) is 0 Å². The maximum atomic E-state index is 12.4. The lowest BCUT2D eigenvalue weighted by Crippen LogP contribution is -2.56. The molecule has 1 aliphatic rings. The molecule has 0 unspecified atom stereocenters. The Kier molecular flexibility index (Phi) is 4.39. The van der Waals surface area contributed by atoms with Crippen LogP contribution in [0.25, 0.3) is 0 Å². The van der Waals surface area contributed by atoms with Crippen LogP contribution in [0.5, 0.6) is 0 Å². The van der Waals surface area contributed by atoms with Crippen molar-refractivity contribution < 1.29 is 13.2 Å². The van der Waals surface area contributed by atoms with Gasteiger partial charge in [-0.05, 0) is 51.1 Å². The van der Waals surface area contributed by atoms with Crippen LogP contribution < -0.4 is 5.32 Å². The molecule has 2 rings (SSSR count). The van der Waals surface area contributed by atoms with Crippen LogP contribution in [0.15, 0.2) is 24.3 Å². The van der Waals surface area contributed by atoms with E-state index in [1.807, 2.05) is 0 Å². The van der Waals surface area contributed by atoms with Gasteiger partial charge in [-0.3, -0.25) is 0 Å². The fourth-order valence-electron chi connectivity index (χ4n) is 2.62. The zero-order chi connectivity index (χ0) is 14.8. The van der Waals surface area contributed by atoms with Crippen molar-refractivity contribution in [2.75, 3.05) is 20.6 Å². The topological polar surface area (TPSA) is 15.3 Å². The highest BCUT2D eigenvalue weighted by Crippen LogP contribution is 2.35. The zero-order valence-corrected chi connectivity index (χ0v) is 11.9. The summed E-state index contributed by atoms with van der Waals surface area (Å²) in [6.07, 6.45) is -0.646. The predicted octanol–water partition coefficient (Wildman–Crippen LogP) is 3.28. The quantitative estimate of drug-likeness (QED) is 0.893. The Morgan fingerprint density at radius 1 is 1.15 bits per heavy atom. The number of benzene rings is 1. The van der Waals surface area contributed by atoms with E-state index in [4.69, 9.17) is 0 Å². The number of nitrogens with one attached hydrogen (secondary N) is 1. The van der Waals surface area contributed by atoms with E-state index in [9.17, 15) is 13.2 Å². The normalized spacial score (nSPS) is 18.1. The summed E-state index contributed by atoms with van der Waals surface area (Å²) in [6, 6.07) is 5.36. The number of nitrogens with zero attached hydrogens (tertiary/aromatic N) is 1. The second-order valence-electron chi connectivity index (χ2n) is 5.77. The fraction of sp³-hybridized carbons (Fsp3) is 0.600. The monoisotopic (exact) mass is 286 g/mol. The standard InChI is InChI=1S/C15H21F3N2/c1-20(2)14(8-3-9-14)11-19-10-12-4-6-13(7-5-12)15(16,17)18/h4-7,19H,3,8-11H2,1-2H3. The molecule has 1 aromatic carbocycles. The van der Waals surface area contributed by atoms with E-state index < -0.39 is 11.7 Å². The van der Waals surface area contributed by atoms with E-state index in [1.165, 1.54) is 19.3 Å². The summed E-state index contributed by atoms with van der Waals surface area (Å²) < 4.78 is 37.3. The van der Waals surface area contributed by atoms with Crippen molar-refractivity contribution in [3.05, 3.63) is 35.4 Å². The molecule has 1 N–H and O–H groups in total. The molecule has 0 amide bonds. The van der Waals surface area contributed by atoms with Crippen LogP contribution in [0.3, 0.4) is 0 Å². The molecule has 5 heteroatoms. The highest BCUT2D eigenvalue weighted by atomic mass is 19.4. The molecule has 0 bridgehead atoms. The molecule has 0 spiro atoms. The summed E-state index contributed by atoms with van der Waals surface area (Å²) in [7, 11) is 4.16. The van der Waals surface area contributed by atoms with E-state index in [0.717, 1.165) is 24.2 Å². The van der Waals surface area contributed by atoms with Crippen LogP contribution in [0, 0.1) is 0 Å². The van der Waals surface area contributed by atoms with Crippen LogP contribution in [0.4, 0.5) is 13.2 Å². The Balaban J connectivity index is 1.86. The smallest absolute Gasteiger partial charge is 0.311 e. The number of alkyl halides is 3. The minimum atomic E-state index is -4.26. The lowest BCUT2D eigenvalue weighted by Gasteiger charge is -2.47. The Hall–Kier alpha value is -1.07. The molecule has 1 aliphatic carbocycles. The van der Waals surface area contributed by atoms with Gasteiger partial charge < -0.3 is 10.2 Å². The number of halogens is 3. The second-order valence-corrected chi connectivity index (χ2v) is 5.77. The summed E-state index contributed by atoms with van der Waals surface area (Å²) in [6.45, 7) is 1.48. The Labute approximate surface area is 118 Å². The first-order chi connectivity index (χ1) is 9.33. The Morgan fingerprint density at radius 2 is 1.75 bits per heavy atom. The number of hydrogen-bond acceptors (Lipinski definition) is 2. The highest BCUT2D eigenvalue weighted by molar-refractivity contribution is 5.24. The van der Waals surface area contributed by atoms with Gasteiger partial charge in [0.1, 0.15) is 0 Å². The van der Waals surface area contributed by atoms with Gasteiger partial charge in [-0.15, -0.1) is 0 Å². The average Bonchev–Trinajstić information content (AvgIpc) is 2.31. The summed E-state index contributed by atoms with van der Waals surface area (Å²) in [4.78, 5) is 2.25. The third-order valence-electron chi connectivity index (χ3n) is 4.30. The molecular weight excluding hydrogens is 265 g/mol. The molecule has 20 heavy (non-hydrogen) atoms. The second kappa shape index (κ2) is 5.74. The van der Waals surface area contributed by atoms with Crippen LogP contribution in [-0.2, 0) is 12.7 Å². The number of likely N-dealkylation sites (N-methyl/N-ethyl adjacent to an activating group) is 1. The summed E-state index contributed by atoms with van der Waals surface area (Å²) in [5.74, 6) is 0. The lowest BCUT2D eigenvalue weighted by atomic mass is 9.75. The van der Waals surface area contributed by atoms with Gasteiger partial charge in [0, 0.05) is 18.6 Å². The van der Waals surface area contributed by atoms with Gasteiger partial charge in [0.05, 0.1) is 5.56 Å². The van der Waals surface area contributed by atoms with Gasteiger partial charge in [-0.25, -0.2) is 0 Å². The molecule has 1 aromatic rings. The van der Waals surface area contributed by atoms with Crippen LogP contribution >= 0.6 is 0 Å². The van der Waals surface area contributed by atoms with Gasteiger partial charge >= 0.3 is 6.18 Å². The molecule has 0 radical (unpaired) electrons. The molecule has 112 valence electrons. The Bertz CT molecular complexity index is 433. The van der Waals surface area contributed by atoms with E-state index in [2.05, 4.69) is 24.3 Å². The fourth-order valence-corrected chi connectivity index (χ4v) is 2.62. The van der Waals surface area contributed by atoms with Crippen molar-refractivity contribution in [2.45, 2.75) is 37.5 Å². The Morgan fingerprint density at radius 3 is 2.15 bits per heavy atom. The van der Waals surface area contributed by atoms with Crippen molar-refractivity contribution in [3.8, 4) is 0 Å². The summed E-state index contributed by atoms with van der Waals surface area (Å²) in [5, 5.41) is 3.36. The van der Waals surface area contributed by atoms with Gasteiger partial charge in [0.2, 0.25) is 0 Å². The molecule has 1 fully saturated rings. The lowest BCUT2D eigenvalue weighted by molar-refractivity contribution is -0.137. The van der Waals surface area contributed by atoms with Crippen molar-refractivity contribution in [1.29, 1.82) is 0 Å².